The number of hydrogen-bond donors (Lipinski definition) is 1. The number of anilines is 1. The van der Waals surface area contributed by atoms with E-state index in [1.165, 1.54) is 29.2 Å². The lowest BCUT2D eigenvalue weighted by atomic mass is 10.1. The molecule has 1 N–H and O–H groups in total. The number of sulfonamides is 1. The van der Waals surface area contributed by atoms with Crippen molar-refractivity contribution in [3.05, 3.63) is 64.4 Å². The van der Waals surface area contributed by atoms with Crippen molar-refractivity contribution in [2.24, 2.45) is 0 Å². The normalized spacial score (nSPS) is 12.2. The number of halogens is 2. The summed E-state index contributed by atoms with van der Waals surface area (Å²) < 4.78 is 40.0. The molecule has 1 unspecified atom stereocenters. The molecule has 0 bridgehead atoms. The van der Waals surface area contributed by atoms with Gasteiger partial charge in [-0.25, -0.2) is 12.8 Å². The van der Waals surface area contributed by atoms with Gasteiger partial charge in [-0.15, -0.1) is 0 Å². The summed E-state index contributed by atoms with van der Waals surface area (Å²) in [5.74, 6) is -1.29. The van der Waals surface area contributed by atoms with Crippen molar-refractivity contribution in [3.8, 4) is 0 Å². The van der Waals surface area contributed by atoms with Crippen LogP contribution < -0.4 is 9.62 Å². The third-order valence-corrected chi connectivity index (χ3v) is 6.41. The Bertz CT molecular complexity index is 1050. The number of likely N-dealkylation sites (N-methyl/N-ethyl adjacent to an activating group) is 1. The van der Waals surface area contributed by atoms with Gasteiger partial charge >= 0.3 is 0 Å². The highest BCUT2D eigenvalue weighted by molar-refractivity contribution is 9.10. The molecule has 1 atom stereocenters. The molecule has 2 aromatic rings. The van der Waals surface area contributed by atoms with Gasteiger partial charge in [0.1, 0.15) is 18.4 Å². The topological polar surface area (TPSA) is 86.8 Å². The molecule has 0 saturated heterocycles. The molecule has 2 rings (SSSR count). The summed E-state index contributed by atoms with van der Waals surface area (Å²) in [7, 11) is -3.79. The molecule has 2 amide bonds. The van der Waals surface area contributed by atoms with E-state index >= 15 is 0 Å². The van der Waals surface area contributed by atoms with Gasteiger partial charge in [0.25, 0.3) is 0 Å². The van der Waals surface area contributed by atoms with E-state index in [1.54, 1.807) is 38.1 Å². The van der Waals surface area contributed by atoms with Crippen LogP contribution in [0.25, 0.3) is 0 Å². The number of carbonyl (C=O) groups is 2. The van der Waals surface area contributed by atoms with Gasteiger partial charge in [-0.3, -0.25) is 13.9 Å². The minimum atomic E-state index is -3.79. The number of carbonyl (C=O) groups excluding carboxylic acids is 2. The monoisotopic (exact) mass is 527 g/mol. The zero-order valence-electron chi connectivity index (χ0n) is 18.2. The average molecular weight is 528 g/mol. The third-order valence-electron chi connectivity index (χ3n) is 4.78. The smallest absolute Gasteiger partial charge is 0.244 e. The summed E-state index contributed by atoms with van der Waals surface area (Å²) in [5.41, 5.74) is 0.943. The fourth-order valence-electron chi connectivity index (χ4n) is 3.24. The fraction of sp³-hybridized carbons (Fsp3) is 0.364. The van der Waals surface area contributed by atoms with Crippen molar-refractivity contribution in [1.29, 1.82) is 0 Å². The number of hydrogen-bond acceptors (Lipinski definition) is 4. The Morgan fingerprint density at radius 2 is 1.78 bits per heavy atom. The number of amides is 2. The molecule has 174 valence electrons. The summed E-state index contributed by atoms with van der Waals surface area (Å²) in [6.45, 7) is 3.49. The van der Waals surface area contributed by atoms with Crippen LogP contribution in [-0.4, -0.2) is 50.5 Å². The largest absolute Gasteiger partial charge is 0.355 e. The van der Waals surface area contributed by atoms with E-state index in [1.807, 2.05) is 0 Å². The van der Waals surface area contributed by atoms with E-state index in [0.717, 1.165) is 10.6 Å². The predicted octanol–water partition coefficient (Wildman–Crippen LogP) is 3.30. The van der Waals surface area contributed by atoms with Gasteiger partial charge < -0.3 is 10.2 Å². The van der Waals surface area contributed by atoms with Crippen LogP contribution in [0.5, 0.6) is 0 Å². The molecular weight excluding hydrogens is 501 g/mol. The molecule has 10 heteroatoms. The van der Waals surface area contributed by atoms with Gasteiger partial charge in [-0.1, -0.05) is 41.1 Å². The van der Waals surface area contributed by atoms with E-state index in [0.29, 0.717) is 28.7 Å². The molecule has 2 aromatic carbocycles. The van der Waals surface area contributed by atoms with Crippen LogP contribution in [0.15, 0.2) is 53.0 Å². The summed E-state index contributed by atoms with van der Waals surface area (Å²) in [4.78, 5) is 27.4. The third kappa shape index (κ3) is 7.03. The maximum atomic E-state index is 13.4. The Hall–Kier alpha value is -2.46. The summed E-state index contributed by atoms with van der Waals surface area (Å²) >= 11 is 3.31. The molecule has 0 aliphatic heterocycles. The summed E-state index contributed by atoms with van der Waals surface area (Å²) in [6, 6.07) is 11.4. The van der Waals surface area contributed by atoms with Crippen LogP contribution in [0.1, 0.15) is 25.8 Å². The van der Waals surface area contributed by atoms with Crippen molar-refractivity contribution in [3.63, 3.8) is 0 Å². The predicted molar refractivity (Wildman–Crippen MR) is 126 cm³/mol. The second-order valence-corrected chi connectivity index (χ2v) is 10.0. The zero-order chi connectivity index (χ0) is 23.9. The number of rotatable bonds is 10. The Morgan fingerprint density at radius 3 is 2.31 bits per heavy atom. The van der Waals surface area contributed by atoms with Crippen LogP contribution in [0, 0.1) is 5.82 Å². The fourth-order valence-corrected chi connectivity index (χ4v) is 4.47. The lowest BCUT2D eigenvalue weighted by Gasteiger charge is -2.32. The molecular formula is C22H27BrFN3O4S. The van der Waals surface area contributed by atoms with E-state index < -0.39 is 34.3 Å². The van der Waals surface area contributed by atoms with Crippen LogP contribution >= 0.6 is 15.9 Å². The van der Waals surface area contributed by atoms with E-state index in [-0.39, 0.29) is 12.5 Å². The van der Waals surface area contributed by atoms with Gasteiger partial charge in [-0.05, 0) is 49.2 Å². The number of nitrogens with one attached hydrogen (secondary N) is 1. The Labute approximate surface area is 196 Å². The first-order chi connectivity index (χ1) is 15.1. The molecule has 0 aliphatic carbocycles. The Balaban J connectivity index is 2.42. The van der Waals surface area contributed by atoms with E-state index in [9.17, 15) is 22.4 Å². The second-order valence-electron chi connectivity index (χ2n) is 7.22. The van der Waals surface area contributed by atoms with Crippen LogP contribution in [0.3, 0.4) is 0 Å². The van der Waals surface area contributed by atoms with Gasteiger partial charge in [0, 0.05) is 17.6 Å². The van der Waals surface area contributed by atoms with Gasteiger partial charge in [0.15, 0.2) is 0 Å². The quantitative estimate of drug-likeness (QED) is 0.513. The molecule has 0 saturated carbocycles. The SMILES string of the molecule is CCNC(=O)C(CC)N(Cc1ccc(F)cc1)C(=O)CN(c1cccc(Br)c1)S(C)(=O)=O. The second kappa shape index (κ2) is 11.4. The maximum absolute atomic E-state index is 13.4. The van der Waals surface area contributed by atoms with Gasteiger partial charge in [0.05, 0.1) is 11.9 Å². The first-order valence-electron chi connectivity index (χ1n) is 10.1. The molecule has 0 heterocycles. The van der Waals surface area contributed by atoms with Crippen LogP contribution in [-0.2, 0) is 26.2 Å². The first-order valence-corrected chi connectivity index (χ1v) is 12.8. The van der Waals surface area contributed by atoms with Gasteiger partial charge in [0.2, 0.25) is 21.8 Å². The molecule has 0 aromatic heterocycles. The first kappa shape index (κ1) is 25.8. The summed E-state index contributed by atoms with van der Waals surface area (Å²) in [5, 5.41) is 2.72. The van der Waals surface area contributed by atoms with Crippen LogP contribution in [0.4, 0.5) is 10.1 Å². The molecule has 7 nitrogen and oxygen atoms in total. The highest BCUT2D eigenvalue weighted by Crippen LogP contribution is 2.23. The maximum Gasteiger partial charge on any atom is 0.244 e. The standard InChI is InChI=1S/C22H27BrFN3O4S/c1-4-20(22(29)25-5-2)26(14-16-9-11-18(24)12-10-16)21(28)15-27(32(3,30)31)19-8-6-7-17(23)13-19/h6-13,20H,4-5,14-15H2,1-3H3,(H,25,29). The van der Waals surface area contributed by atoms with E-state index in [2.05, 4.69) is 21.2 Å². The van der Waals surface area contributed by atoms with Crippen molar-refractivity contribution < 1.29 is 22.4 Å². The Morgan fingerprint density at radius 1 is 1.12 bits per heavy atom. The molecule has 0 aliphatic rings. The lowest BCUT2D eigenvalue weighted by Crippen LogP contribution is -2.52. The molecule has 0 radical (unpaired) electrons. The minimum Gasteiger partial charge on any atom is -0.355 e. The highest BCUT2D eigenvalue weighted by Gasteiger charge is 2.31. The van der Waals surface area contributed by atoms with Crippen molar-refractivity contribution in [2.75, 3.05) is 23.7 Å². The molecule has 0 spiro atoms. The average Bonchev–Trinajstić information content (AvgIpc) is 2.72. The zero-order valence-corrected chi connectivity index (χ0v) is 20.6. The Kier molecular flexibility index (Phi) is 9.21. The molecule has 32 heavy (non-hydrogen) atoms. The summed E-state index contributed by atoms with van der Waals surface area (Å²) in [6.07, 6.45) is 1.35. The lowest BCUT2D eigenvalue weighted by molar-refractivity contribution is -0.140. The minimum absolute atomic E-state index is 0.0326. The van der Waals surface area contributed by atoms with E-state index in [4.69, 9.17) is 0 Å². The van der Waals surface area contributed by atoms with Crippen molar-refractivity contribution in [2.45, 2.75) is 32.9 Å². The van der Waals surface area contributed by atoms with Crippen LogP contribution in [0.2, 0.25) is 0 Å². The molecule has 0 fully saturated rings. The highest BCUT2D eigenvalue weighted by atomic mass is 79.9. The van der Waals surface area contributed by atoms with Crippen molar-refractivity contribution >= 4 is 43.5 Å². The van der Waals surface area contributed by atoms with Gasteiger partial charge in [-0.2, -0.15) is 0 Å². The number of benzene rings is 2. The number of nitrogens with zero attached hydrogens (tertiary/aromatic N) is 2. The van der Waals surface area contributed by atoms with Crippen molar-refractivity contribution in [1.82, 2.24) is 10.2 Å².